The van der Waals surface area contributed by atoms with Crippen molar-refractivity contribution in [3.05, 3.63) is 46.6 Å². The minimum Gasteiger partial charge on any atom is -0.476 e. The number of aliphatic imine (C=N–C) groups is 1. The number of hydrogen-bond acceptors (Lipinski definition) is 4. The lowest BCUT2D eigenvalue weighted by Crippen LogP contribution is -2.24. The highest BCUT2D eigenvalue weighted by molar-refractivity contribution is 5.91. The third kappa shape index (κ3) is 2.88. The smallest absolute Gasteiger partial charge is 0.240 e. The van der Waals surface area contributed by atoms with Gasteiger partial charge in [-0.15, -0.1) is 5.10 Å². The van der Waals surface area contributed by atoms with E-state index in [0.29, 0.717) is 23.9 Å². The molecule has 0 amide bonds. The zero-order valence-electron chi connectivity index (χ0n) is 14.5. The number of hydrogen-bond donors (Lipinski definition) is 1. The molecular weight excluding hydrogens is 314 g/mol. The molecule has 0 saturated heterocycles. The van der Waals surface area contributed by atoms with E-state index < -0.39 is 5.92 Å². The number of nitriles is 1. The Hall–Kier alpha value is -3.12. The van der Waals surface area contributed by atoms with Crippen LogP contribution in [0.1, 0.15) is 38.7 Å². The molecule has 0 spiro atoms. The zero-order valence-corrected chi connectivity index (χ0v) is 14.5. The summed E-state index contributed by atoms with van der Waals surface area (Å²) in [5, 5.41) is 17.7. The summed E-state index contributed by atoms with van der Waals surface area (Å²) in [5.74, 6) is -0.214. The zero-order chi connectivity index (χ0) is 18.0. The summed E-state index contributed by atoms with van der Waals surface area (Å²) in [7, 11) is 0. The Bertz CT molecular complexity index is 954. The second-order valence-electron chi connectivity index (χ2n) is 6.10. The molecule has 6 heteroatoms. The van der Waals surface area contributed by atoms with Crippen molar-refractivity contribution < 1.29 is 4.74 Å². The van der Waals surface area contributed by atoms with Crippen LogP contribution < -0.4 is 4.74 Å². The van der Waals surface area contributed by atoms with E-state index in [1.54, 1.807) is 0 Å². The number of H-pyrrole nitrogens is 1. The molecule has 0 radical (unpaired) electrons. The van der Waals surface area contributed by atoms with Crippen LogP contribution in [0, 0.1) is 23.8 Å². The topological polar surface area (TPSA) is 78.4 Å². The maximum Gasteiger partial charge on any atom is 0.240 e. The van der Waals surface area contributed by atoms with Crippen LogP contribution >= 0.6 is 0 Å². The van der Waals surface area contributed by atoms with E-state index in [0.717, 1.165) is 28.6 Å². The lowest BCUT2D eigenvalue weighted by Gasteiger charge is -2.26. The Labute approximate surface area is 146 Å². The Morgan fingerprint density at radius 3 is 2.88 bits per heavy atom. The summed E-state index contributed by atoms with van der Waals surface area (Å²) in [4.78, 5) is 8.07. The van der Waals surface area contributed by atoms with Crippen molar-refractivity contribution in [2.75, 3.05) is 6.61 Å². The van der Waals surface area contributed by atoms with Crippen LogP contribution in [0.2, 0.25) is 0 Å². The Morgan fingerprint density at radius 2 is 2.20 bits per heavy atom. The van der Waals surface area contributed by atoms with Gasteiger partial charge in [-0.05, 0) is 38.0 Å². The lowest BCUT2D eigenvalue weighted by atomic mass is 9.79. The van der Waals surface area contributed by atoms with E-state index in [-0.39, 0.29) is 5.92 Å². The van der Waals surface area contributed by atoms with E-state index >= 15 is 0 Å². The van der Waals surface area contributed by atoms with Crippen LogP contribution in [0.15, 0.2) is 34.6 Å². The SMILES string of the molecule is [C-]#[N+]C1=C(C)N=C(C)C(C#N)C1c1ccc2[nH]nc(OCCC)c2c1. The molecule has 1 aromatic heterocycles. The number of ether oxygens (including phenoxy) is 1. The lowest BCUT2D eigenvalue weighted by molar-refractivity contribution is 0.308. The predicted octanol–water partition coefficient (Wildman–Crippen LogP) is 4.20. The monoisotopic (exact) mass is 333 g/mol. The summed E-state index contributed by atoms with van der Waals surface area (Å²) < 4.78 is 5.70. The molecule has 2 unspecified atom stereocenters. The molecule has 3 rings (SSSR count). The van der Waals surface area contributed by atoms with Crippen molar-refractivity contribution in [2.45, 2.75) is 33.1 Å². The molecule has 2 heterocycles. The summed E-state index contributed by atoms with van der Waals surface area (Å²) in [5.41, 5.74) is 3.72. The van der Waals surface area contributed by atoms with Crippen molar-refractivity contribution in [3.8, 4) is 11.9 Å². The molecule has 1 aliphatic rings. The van der Waals surface area contributed by atoms with Crippen LogP contribution in [0.3, 0.4) is 0 Å². The van der Waals surface area contributed by atoms with Gasteiger partial charge in [-0.3, -0.25) is 10.1 Å². The number of benzene rings is 1. The molecule has 2 aromatic rings. The van der Waals surface area contributed by atoms with Gasteiger partial charge in [0.2, 0.25) is 5.88 Å². The molecule has 2 atom stereocenters. The van der Waals surface area contributed by atoms with Gasteiger partial charge >= 0.3 is 0 Å². The van der Waals surface area contributed by atoms with Gasteiger partial charge < -0.3 is 4.74 Å². The van der Waals surface area contributed by atoms with E-state index in [9.17, 15) is 5.26 Å². The standard InChI is InChI=1S/C19H19N5O/c1-5-8-25-19-14-9-13(6-7-16(14)23-24-19)17-15(10-20)11(2)22-12(3)18(17)21-4/h6-7,9,15,17H,5,8H2,1-3H3,(H,23,24). The number of nitrogens with one attached hydrogen (secondary N) is 1. The van der Waals surface area contributed by atoms with Crippen molar-refractivity contribution in [2.24, 2.45) is 10.9 Å². The van der Waals surface area contributed by atoms with Gasteiger partial charge in [0, 0.05) is 17.3 Å². The van der Waals surface area contributed by atoms with Crippen LogP contribution in [-0.4, -0.2) is 22.5 Å². The maximum absolute atomic E-state index is 9.64. The number of aromatic amines is 1. The maximum atomic E-state index is 9.64. The summed E-state index contributed by atoms with van der Waals surface area (Å²) in [6, 6.07) is 8.14. The average molecular weight is 333 g/mol. The predicted molar refractivity (Wildman–Crippen MR) is 96.1 cm³/mol. The first-order chi connectivity index (χ1) is 12.1. The Kier molecular flexibility index (Phi) is 4.54. The summed E-state index contributed by atoms with van der Waals surface area (Å²) in [6.45, 7) is 13.8. The third-order valence-electron chi connectivity index (χ3n) is 4.41. The Morgan fingerprint density at radius 1 is 1.40 bits per heavy atom. The third-order valence-corrected chi connectivity index (χ3v) is 4.41. The quantitative estimate of drug-likeness (QED) is 0.852. The van der Waals surface area contributed by atoms with Crippen LogP contribution in [0.25, 0.3) is 15.7 Å². The number of fused-ring (bicyclic) bond motifs is 1. The Balaban J connectivity index is 2.12. The molecular formula is C19H19N5O. The molecule has 1 aromatic carbocycles. The molecule has 1 aliphatic heterocycles. The van der Waals surface area contributed by atoms with Gasteiger partial charge in [0.05, 0.1) is 36.1 Å². The van der Waals surface area contributed by atoms with E-state index in [1.807, 2.05) is 39.0 Å². The normalized spacial score (nSPS) is 20.1. The van der Waals surface area contributed by atoms with Gasteiger partial charge in [-0.2, -0.15) is 5.26 Å². The largest absolute Gasteiger partial charge is 0.476 e. The molecule has 6 nitrogen and oxygen atoms in total. The first-order valence-electron chi connectivity index (χ1n) is 8.24. The molecule has 0 aliphatic carbocycles. The highest BCUT2D eigenvalue weighted by atomic mass is 16.5. The number of allylic oxidation sites excluding steroid dienone is 2. The van der Waals surface area contributed by atoms with Crippen LogP contribution in [0.5, 0.6) is 5.88 Å². The van der Waals surface area contributed by atoms with E-state index in [1.165, 1.54) is 0 Å². The first-order valence-corrected chi connectivity index (χ1v) is 8.24. The van der Waals surface area contributed by atoms with Gasteiger partial charge in [0.1, 0.15) is 0 Å². The van der Waals surface area contributed by atoms with Gasteiger partial charge in [-0.25, -0.2) is 4.85 Å². The van der Waals surface area contributed by atoms with E-state index in [2.05, 4.69) is 26.1 Å². The van der Waals surface area contributed by atoms with Gasteiger partial charge in [0.15, 0.2) is 5.70 Å². The fourth-order valence-electron chi connectivity index (χ4n) is 3.19. The molecule has 126 valence electrons. The summed E-state index contributed by atoms with van der Waals surface area (Å²) >= 11 is 0. The molecule has 0 bridgehead atoms. The summed E-state index contributed by atoms with van der Waals surface area (Å²) in [6.07, 6.45) is 0.895. The second-order valence-corrected chi connectivity index (χ2v) is 6.10. The van der Waals surface area contributed by atoms with Crippen molar-refractivity contribution in [1.29, 1.82) is 5.26 Å². The molecule has 0 fully saturated rings. The molecule has 0 saturated carbocycles. The highest BCUT2D eigenvalue weighted by Crippen LogP contribution is 2.40. The fourth-order valence-corrected chi connectivity index (χ4v) is 3.19. The van der Waals surface area contributed by atoms with Crippen molar-refractivity contribution in [3.63, 3.8) is 0 Å². The van der Waals surface area contributed by atoms with Gasteiger partial charge in [0.25, 0.3) is 0 Å². The first kappa shape index (κ1) is 16.7. The van der Waals surface area contributed by atoms with Crippen molar-refractivity contribution >= 4 is 16.6 Å². The van der Waals surface area contributed by atoms with Crippen molar-refractivity contribution in [1.82, 2.24) is 10.2 Å². The van der Waals surface area contributed by atoms with Gasteiger partial charge in [-0.1, -0.05) is 13.0 Å². The molecule has 1 N–H and O–H groups in total. The fraction of sp³-hybridized carbons (Fsp3) is 0.368. The minimum atomic E-state index is -0.447. The second kappa shape index (κ2) is 6.78. The van der Waals surface area contributed by atoms with Crippen LogP contribution in [-0.2, 0) is 0 Å². The van der Waals surface area contributed by atoms with Crippen LogP contribution in [0.4, 0.5) is 0 Å². The minimum absolute atomic E-state index is 0.321. The van der Waals surface area contributed by atoms with E-state index in [4.69, 9.17) is 11.3 Å². The highest BCUT2D eigenvalue weighted by Gasteiger charge is 2.34. The number of aromatic nitrogens is 2. The average Bonchev–Trinajstić information content (AvgIpc) is 3.01. The number of rotatable bonds is 4. The molecule has 25 heavy (non-hydrogen) atoms. The number of nitrogens with zero attached hydrogens (tertiary/aromatic N) is 4.